The Kier molecular flexibility index (Phi) is 5.24. The van der Waals surface area contributed by atoms with Crippen LogP contribution in [0.1, 0.15) is 26.7 Å². The van der Waals surface area contributed by atoms with Gasteiger partial charge in [-0.25, -0.2) is 13.1 Å². The normalized spacial score (nSPS) is 20.7. The number of nitrogens with one attached hydrogen (secondary N) is 2. The largest absolute Gasteiger partial charge is 0.380 e. The summed E-state index contributed by atoms with van der Waals surface area (Å²) < 4.78 is 27.5. The van der Waals surface area contributed by atoms with E-state index in [2.05, 4.69) is 22.0 Å². The van der Waals surface area contributed by atoms with Crippen LogP contribution >= 0.6 is 0 Å². The van der Waals surface area contributed by atoms with E-state index in [1.54, 1.807) is 12.1 Å². The van der Waals surface area contributed by atoms with Gasteiger partial charge in [-0.15, -0.1) is 0 Å². The standard InChI is InChI=1S/C15H25N3O2S/c1-12(2)17-21(19,20)15-9-5-4-8-14(15)16-13-7-6-10-18(3)11-13/h4-5,8-9,12-13,16-17H,6-7,10-11H2,1-3H3. The van der Waals surface area contributed by atoms with Gasteiger partial charge in [-0.3, -0.25) is 0 Å². The molecule has 5 nitrogen and oxygen atoms in total. The molecule has 21 heavy (non-hydrogen) atoms. The number of nitrogens with zero attached hydrogens (tertiary/aromatic N) is 1. The molecule has 1 unspecified atom stereocenters. The maximum absolute atomic E-state index is 12.4. The third-order valence-electron chi connectivity index (χ3n) is 3.55. The van der Waals surface area contributed by atoms with Crippen LogP contribution in [-0.4, -0.2) is 45.5 Å². The maximum atomic E-state index is 12.4. The quantitative estimate of drug-likeness (QED) is 0.871. The number of hydrogen-bond donors (Lipinski definition) is 2. The second-order valence-electron chi connectivity index (χ2n) is 6.02. The molecule has 1 heterocycles. The molecule has 0 spiro atoms. The van der Waals surface area contributed by atoms with E-state index in [-0.39, 0.29) is 6.04 Å². The molecule has 1 aromatic rings. The Bertz CT molecular complexity index is 572. The molecular formula is C15H25N3O2S. The summed E-state index contributed by atoms with van der Waals surface area (Å²) in [5.74, 6) is 0. The smallest absolute Gasteiger partial charge is 0.242 e. The first kappa shape index (κ1) is 16.3. The van der Waals surface area contributed by atoms with Gasteiger partial charge in [-0.05, 0) is 52.4 Å². The molecule has 0 aliphatic carbocycles. The number of benzene rings is 1. The molecule has 1 aliphatic heterocycles. The van der Waals surface area contributed by atoms with Crippen molar-refractivity contribution in [1.82, 2.24) is 9.62 Å². The number of sulfonamides is 1. The number of hydrogen-bond acceptors (Lipinski definition) is 4. The second-order valence-corrected chi connectivity index (χ2v) is 7.70. The Morgan fingerprint density at radius 2 is 2.00 bits per heavy atom. The molecule has 0 amide bonds. The predicted molar refractivity (Wildman–Crippen MR) is 86.0 cm³/mol. The molecule has 0 radical (unpaired) electrons. The van der Waals surface area contributed by atoms with Gasteiger partial charge in [0.25, 0.3) is 0 Å². The summed E-state index contributed by atoms with van der Waals surface area (Å²) in [5, 5.41) is 3.40. The van der Waals surface area contributed by atoms with Crippen molar-refractivity contribution in [3.8, 4) is 0 Å². The van der Waals surface area contributed by atoms with Crippen molar-refractivity contribution < 1.29 is 8.42 Å². The Hall–Kier alpha value is -1.11. The molecule has 1 fully saturated rings. The molecule has 1 atom stereocenters. The summed E-state index contributed by atoms with van der Waals surface area (Å²) in [6.45, 7) is 5.69. The van der Waals surface area contributed by atoms with Crippen molar-refractivity contribution >= 4 is 15.7 Å². The molecule has 2 rings (SSSR count). The molecule has 0 saturated carbocycles. The lowest BCUT2D eigenvalue weighted by atomic mass is 10.1. The first-order valence-electron chi connectivity index (χ1n) is 7.45. The Balaban J connectivity index is 2.21. The fraction of sp³-hybridized carbons (Fsp3) is 0.600. The highest BCUT2D eigenvalue weighted by molar-refractivity contribution is 7.89. The van der Waals surface area contributed by atoms with Gasteiger partial charge in [-0.1, -0.05) is 12.1 Å². The van der Waals surface area contributed by atoms with Crippen LogP contribution in [0, 0.1) is 0 Å². The number of para-hydroxylation sites is 1. The van der Waals surface area contributed by atoms with E-state index >= 15 is 0 Å². The summed E-state index contributed by atoms with van der Waals surface area (Å²) >= 11 is 0. The zero-order valence-electron chi connectivity index (χ0n) is 13.0. The number of likely N-dealkylation sites (tertiary alicyclic amines) is 1. The summed E-state index contributed by atoms with van der Waals surface area (Å²) in [6.07, 6.45) is 2.20. The van der Waals surface area contributed by atoms with Crippen LogP contribution in [0.2, 0.25) is 0 Å². The van der Waals surface area contributed by atoms with Crippen LogP contribution in [0.25, 0.3) is 0 Å². The van der Waals surface area contributed by atoms with Gasteiger partial charge in [0.05, 0.1) is 5.69 Å². The average molecular weight is 311 g/mol. The van der Waals surface area contributed by atoms with Crippen LogP contribution < -0.4 is 10.0 Å². The van der Waals surface area contributed by atoms with Gasteiger partial charge in [0.15, 0.2) is 0 Å². The number of rotatable bonds is 5. The second kappa shape index (κ2) is 6.77. The molecule has 0 bridgehead atoms. The first-order valence-corrected chi connectivity index (χ1v) is 8.93. The zero-order valence-corrected chi connectivity index (χ0v) is 13.8. The Labute approximate surface area is 127 Å². The van der Waals surface area contributed by atoms with Crippen LogP contribution in [0.5, 0.6) is 0 Å². The SMILES string of the molecule is CC(C)NS(=O)(=O)c1ccccc1NC1CCCN(C)C1. The van der Waals surface area contributed by atoms with Crippen LogP contribution in [0.3, 0.4) is 0 Å². The van der Waals surface area contributed by atoms with E-state index in [1.165, 1.54) is 0 Å². The molecule has 1 aliphatic rings. The van der Waals surface area contributed by atoms with Crippen molar-refractivity contribution in [2.75, 3.05) is 25.5 Å². The Morgan fingerprint density at radius 1 is 1.29 bits per heavy atom. The third-order valence-corrected chi connectivity index (χ3v) is 5.27. The minimum absolute atomic E-state index is 0.121. The fourth-order valence-electron chi connectivity index (χ4n) is 2.70. The molecule has 6 heteroatoms. The highest BCUT2D eigenvalue weighted by atomic mass is 32.2. The summed E-state index contributed by atoms with van der Waals surface area (Å²) in [5.41, 5.74) is 0.686. The fourth-order valence-corrected chi connectivity index (χ4v) is 4.12. The minimum Gasteiger partial charge on any atom is -0.380 e. The summed E-state index contributed by atoms with van der Waals surface area (Å²) in [7, 11) is -1.39. The predicted octanol–water partition coefficient (Wildman–Crippen LogP) is 1.88. The monoisotopic (exact) mass is 311 g/mol. The molecule has 0 aromatic heterocycles. The van der Waals surface area contributed by atoms with Crippen LogP contribution in [0.15, 0.2) is 29.2 Å². The molecule has 118 valence electrons. The number of anilines is 1. The average Bonchev–Trinajstić information content (AvgIpc) is 2.37. The lowest BCUT2D eigenvalue weighted by Crippen LogP contribution is -2.40. The van der Waals surface area contributed by atoms with Crippen LogP contribution in [0.4, 0.5) is 5.69 Å². The van der Waals surface area contributed by atoms with Gasteiger partial charge in [0.1, 0.15) is 4.90 Å². The van der Waals surface area contributed by atoms with E-state index in [0.29, 0.717) is 16.6 Å². The van der Waals surface area contributed by atoms with E-state index in [1.807, 2.05) is 26.0 Å². The lowest BCUT2D eigenvalue weighted by Gasteiger charge is -2.31. The van der Waals surface area contributed by atoms with E-state index in [0.717, 1.165) is 25.9 Å². The summed E-state index contributed by atoms with van der Waals surface area (Å²) in [6, 6.07) is 7.28. The third kappa shape index (κ3) is 4.43. The van der Waals surface area contributed by atoms with Crippen molar-refractivity contribution in [3.05, 3.63) is 24.3 Å². The number of piperidine rings is 1. The van der Waals surface area contributed by atoms with Crippen LogP contribution in [-0.2, 0) is 10.0 Å². The molecule has 2 N–H and O–H groups in total. The number of likely N-dealkylation sites (N-methyl/N-ethyl adjacent to an activating group) is 1. The topological polar surface area (TPSA) is 61.4 Å². The zero-order chi connectivity index (χ0) is 15.5. The van der Waals surface area contributed by atoms with Crippen molar-refractivity contribution in [2.45, 2.75) is 43.7 Å². The summed E-state index contributed by atoms with van der Waals surface area (Å²) in [4.78, 5) is 2.59. The van der Waals surface area contributed by atoms with Gasteiger partial charge >= 0.3 is 0 Å². The minimum atomic E-state index is -3.48. The van der Waals surface area contributed by atoms with Gasteiger partial charge in [0.2, 0.25) is 10.0 Å². The van der Waals surface area contributed by atoms with E-state index in [4.69, 9.17) is 0 Å². The van der Waals surface area contributed by atoms with E-state index < -0.39 is 10.0 Å². The van der Waals surface area contributed by atoms with Crippen molar-refractivity contribution in [3.63, 3.8) is 0 Å². The Morgan fingerprint density at radius 3 is 2.67 bits per heavy atom. The lowest BCUT2D eigenvalue weighted by molar-refractivity contribution is 0.261. The van der Waals surface area contributed by atoms with Gasteiger partial charge in [-0.2, -0.15) is 0 Å². The molecular weight excluding hydrogens is 286 g/mol. The maximum Gasteiger partial charge on any atom is 0.242 e. The van der Waals surface area contributed by atoms with Gasteiger partial charge < -0.3 is 10.2 Å². The van der Waals surface area contributed by atoms with Crippen molar-refractivity contribution in [1.29, 1.82) is 0 Å². The molecule has 1 aromatic carbocycles. The highest BCUT2D eigenvalue weighted by Gasteiger charge is 2.22. The first-order chi connectivity index (χ1) is 9.88. The highest BCUT2D eigenvalue weighted by Crippen LogP contribution is 2.23. The van der Waals surface area contributed by atoms with Crippen molar-refractivity contribution in [2.24, 2.45) is 0 Å². The van der Waals surface area contributed by atoms with Gasteiger partial charge in [0, 0.05) is 18.6 Å². The van der Waals surface area contributed by atoms with E-state index in [9.17, 15) is 8.42 Å². The molecule has 1 saturated heterocycles.